The second-order valence-electron chi connectivity index (χ2n) is 3.68. The highest BCUT2D eigenvalue weighted by Crippen LogP contribution is 2.15. The number of aliphatic hydroxyl groups excluding tert-OH is 1. The molecule has 0 amide bonds. The van der Waals surface area contributed by atoms with E-state index in [1.165, 1.54) is 12.1 Å². The molecule has 0 aliphatic rings. The minimum Gasteiger partial charge on any atom is -0.392 e. The second kappa shape index (κ2) is 5.19. The number of rotatable bonds is 4. The van der Waals surface area contributed by atoms with E-state index in [1.54, 1.807) is 13.8 Å². The van der Waals surface area contributed by atoms with Crippen LogP contribution < -0.4 is 5.32 Å². The molecule has 0 aliphatic carbocycles. The van der Waals surface area contributed by atoms with Gasteiger partial charge in [0.15, 0.2) is 0 Å². The lowest BCUT2D eigenvalue weighted by molar-refractivity contribution is 0.187. The van der Waals surface area contributed by atoms with Crippen LogP contribution in [0.15, 0.2) is 18.2 Å². The fourth-order valence-corrected chi connectivity index (χ4v) is 1.29. The van der Waals surface area contributed by atoms with E-state index in [1.807, 2.05) is 0 Å². The van der Waals surface area contributed by atoms with E-state index in [0.29, 0.717) is 12.1 Å². The van der Waals surface area contributed by atoms with Crippen molar-refractivity contribution < 1.29 is 13.9 Å². The molecule has 2 nitrogen and oxygen atoms in total. The first kappa shape index (κ1) is 12.1. The predicted molar refractivity (Wildman–Crippen MR) is 54.5 cm³/mol. The molecule has 1 aromatic carbocycles. The number of hydrogen-bond donors (Lipinski definition) is 2. The lowest BCUT2D eigenvalue weighted by Gasteiger charge is -2.15. The van der Waals surface area contributed by atoms with Crippen molar-refractivity contribution in [1.82, 2.24) is 5.32 Å². The van der Waals surface area contributed by atoms with Gasteiger partial charge in [0, 0.05) is 18.7 Å². The summed E-state index contributed by atoms with van der Waals surface area (Å²) in [5.74, 6) is -1.17. The maximum Gasteiger partial charge on any atom is 0.126 e. The second-order valence-corrected chi connectivity index (χ2v) is 3.68. The molecule has 84 valence electrons. The lowest BCUT2D eigenvalue weighted by Crippen LogP contribution is -2.27. The molecule has 0 bridgehead atoms. The Morgan fingerprint density at radius 1 is 1.20 bits per heavy atom. The van der Waals surface area contributed by atoms with Crippen molar-refractivity contribution in [3.63, 3.8) is 0 Å². The van der Waals surface area contributed by atoms with E-state index >= 15 is 0 Å². The SMILES string of the molecule is C[C@H](O)CN[C@H](C)c1cc(F)cc(F)c1. The summed E-state index contributed by atoms with van der Waals surface area (Å²) in [4.78, 5) is 0. The maximum absolute atomic E-state index is 12.9. The summed E-state index contributed by atoms with van der Waals surface area (Å²) in [6.45, 7) is 3.82. The molecule has 0 fully saturated rings. The number of nitrogens with one attached hydrogen (secondary N) is 1. The number of halogens is 2. The first-order valence-corrected chi connectivity index (χ1v) is 4.86. The smallest absolute Gasteiger partial charge is 0.126 e. The van der Waals surface area contributed by atoms with Gasteiger partial charge in [0.05, 0.1) is 6.10 Å². The van der Waals surface area contributed by atoms with Crippen LogP contribution in [0.5, 0.6) is 0 Å². The van der Waals surface area contributed by atoms with E-state index in [2.05, 4.69) is 5.32 Å². The quantitative estimate of drug-likeness (QED) is 0.805. The molecule has 1 rings (SSSR count). The van der Waals surface area contributed by atoms with E-state index < -0.39 is 17.7 Å². The van der Waals surface area contributed by atoms with Crippen molar-refractivity contribution in [2.45, 2.75) is 26.0 Å². The average Bonchev–Trinajstić information content (AvgIpc) is 2.12. The van der Waals surface area contributed by atoms with Gasteiger partial charge < -0.3 is 10.4 Å². The van der Waals surface area contributed by atoms with Gasteiger partial charge in [0.1, 0.15) is 11.6 Å². The van der Waals surface area contributed by atoms with Crippen molar-refractivity contribution in [1.29, 1.82) is 0 Å². The third-order valence-corrected chi connectivity index (χ3v) is 2.10. The van der Waals surface area contributed by atoms with Crippen LogP contribution in [0.3, 0.4) is 0 Å². The Morgan fingerprint density at radius 2 is 1.73 bits per heavy atom. The summed E-state index contributed by atoms with van der Waals surface area (Å²) in [5, 5.41) is 12.0. The molecule has 2 N–H and O–H groups in total. The zero-order valence-corrected chi connectivity index (χ0v) is 8.80. The third kappa shape index (κ3) is 3.93. The van der Waals surface area contributed by atoms with Crippen LogP contribution in [0, 0.1) is 11.6 Å². The van der Waals surface area contributed by atoms with E-state index in [4.69, 9.17) is 5.11 Å². The topological polar surface area (TPSA) is 32.3 Å². The highest BCUT2D eigenvalue weighted by atomic mass is 19.1. The molecule has 15 heavy (non-hydrogen) atoms. The Labute approximate surface area is 87.9 Å². The van der Waals surface area contributed by atoms with Gasteiger partial charge in [-0.15, -0.1) is 0 Å². The average molecular weight is 215 g/mol. The van der Waals surface area contributed by atoms with Gasteiger partial charge in [-0.2, -0.15) is 0 Å². The van der Waals surface area contributed by atoms with E-state index in [0.717, 1.165) is 6.07 Å². The molecule has 0 radical (unpaired) electrons. The van der Waals surface area contributed by atoms with Crippen LogP contribution in [0.1, 0.15) is 25.5 Å². The van der Waals surface area contributed by atoms with Crippen molar-refractivity contribution >= 4 is 0 Å². The van der Waals surface area contributed by atoms with Gasteiger partial charge in [-0.05, 0) is 31.5 Å². The largest absolute Gasteiger partial charge is 0.392 e. The predicted octanol–water partition coefficient (Wildman–Crippen LogP) is 2.00. The third-order valence-electron chi connectivity index (χ3n) is 2.10. The molecule has 0 aromatic heterocycles. The molecule has 0 unspecified atom stereocenters. The van der Waals surface area contributed by atoms with Gasteiger partial charge in [0.2, 0.25) is 0 Å². The van der Waals surface area contributed by atoms with Crippen molar-refractivity contribution in [2.24, 2.45) is 0 Å². The highest BCUT2D eigenvalue weighted by Gasteiger charge is 2.08. The minimum absolute atomic E-state index is 0.190. The van der Waals surface area contributed by atoms with Crippen LogP contribution >= 0.6 is 0 Å². The first-order valence-electron chi connectivity index (χ1n) is 4.86. The maximum atomic E-state index is 12.9. The number of aliphatic hydroxyl groups is 1. The molecule has 0 aliphatic heterocycles. The van der Waals surface area contributed by atoms with E-state index in [-0.39, 0.29) is 6.04 Å². The van der Waals surface area contributed by atoms with Gasteiger partial charge >= 0.3 is 0 Å². The van der Waals surface area contributed by atoms with Crippen LogP contribution in [0.2, 0.25) is 0 Å². The summed E-state index contributed by atoms with van der Waals surface area (Å²) in [5.41, 5.74) is 0.535. The first-order chi connectivity index (χ1) is 6.99. The van der Waals surface area contributed by atoms with Gasteiger partial charge in [-0.1, -0.05) is 0 Å². The molecule has 0 saturated carbocycles. The van der Waals surface area contributed by atoms with Crippen LogP contribution in [0.4, 0.5) is 8.78 Å². The van der Waals surface area contributed by atoms with Crippen LogP contribution in [-0.4, -0.2) is 17.8 Å². The van der Waals surface area contributed by atoms with E-state index in [9.17, 15) is 8.78 Å². The van der Waals surface area contributed by atoms with Crippen molar-refractivity contribution in [2.75, 3.05) is 6.54 Å². The van der Waals surface area contributed by atoms with Crippen molar-refractivity contribution in [3.05, 3.63) is 35.4 Å². The zero-order valence-electron chi connectivity index (χ0n) is 8.80. The zero-order chi connectivity index (χ0) is 11.4. The summed E-state index contributed by atoms with van der Waals surface area (Å²) in [6, 6.07) is 3.21. The Bertz CT molecular complexity index is 308. The van der Waals surface area contributed by atoms with Crippen LogP contribution in [-0.2, 0) is 0 Å². The molecule has 2 atom stereocenters. The Hall–Kier alpha value is -1.00. The summed E-state index contributed by atoms with van der Waals surface area (Å²) in [7, 11) is 0. The standard InChI is InChI=1S/C11H15F2NO/c1-7(15)6-14-8(2)9-3-10(12)5-11(13)4-9/h3-5,7-8,14-15H,6H2,1-2H3/t7-,8+/m0/s1. The summed E-state index contributed by atoms with van der Waals surface area (Å²) < 4.78 is 25.7. The van der Waals surface area contributed by atoms with Gasteiger partial charge in [0.25, 0.3) is 0 Å². The van der Waals surface area contributed by atoms with Gasteiger partial charge in [-0.3, -0.25) is 0 Å². The fourth-order valence-electron chi connectivity index (χ4n) is 1.29. The highest BCUT2D eigenvalue weighted by molar-refractivity contribution is 5.20. The Morgan fingerprint density at radius 3 is 2.20 bits per heavy atom. The molecule has 0 spiro atoms. The van der Waals surface area contributed by atoms with Gasteiger partial charge in [-0.25, -0.2) is 8.78 Å². The molecule has 4 heteroatoms. The number of benzene rings is 1. The lowest BCUT2D eigenvalue weighted by atomic mass is 10.1. The molecule has 0 heterocycles. The normalized spacial score (nSPS) is 15.0. The summed E-state index contributed by atoms with van der Waals surface area (Å²) >= 11 is 0. The number of hydrogen-bond acceptors (Lipinski definition) is 2. The minimum atomic E-state index is -0.587. The molecule has 0 saturated heterocycles. The summed E-state index contributed by atoms with van der Waals surface area (Å²) in [6.07, 6.45) is -0.481. The van der Waals surface area contributed by atoms with Crippen molar-refractivity contribution in [3.8, 4) is 0 Å². The monoisotopic (exact) mass is 215 g/mol. The molecular weight excluding hydrogens is 200 g/mol. The fraction of sp³-hybridized carbons (Fsp3) is 0.455. The van der Waals surface area contributed by atoms with Crippen LogP contribution in [0.25, 0.3) is 0 Å². The Balaban J connectivity index is 2.68. The molecular formula is C11H15F2NO. The Kier molecular flexibility index (Phi) is 4.17. The molecule has 1 aromatic rings.